The number of amides is 1. The molecule has 7 nitrogen and oxygen atoms in total. The second-order valence-electron chi connectivity index (χ2n) is 8.12. The zero-order valence-electron chi connectivity index (χ0n) is 18.5. The van der Waals surface area contributed by atoms with Crippen LogP contribution in [0.2, 0.25) is 0 Å². The van der Waals surface area contributed by atoms with Crippen molar-refractivity contribution in [1.29, 1.82) is 0 Å². The van der Waals surface area contributed by atoms with Gasteiger partial charge in [-0.1, -0.05) is 54.6 Å². The van der Waals surface area contributed by atoms with Crippen LogP contribution < -0.4 is 19.4 Å². The molecule has 0 radical (unpaired) electrons. The number of aromatic nitrogens is 3. The fraction of sp³-hybridized carbons (Fsp3) is 0.0741. The van der Waals surface area contributed by atoms with E-state index in [0.29, 0.717) is 5.82 Å². The van der Waals surface area contributed by atoms with Gasteiger partial charge in [0.15, 0.2) is 17.2 Å². The third kappa shape index (κ3) is 3.34. The summed E-state index contributed by atoms with van der Waals surface area (Å²) in [6, 6.07) is 25.4. The maximum Gasteiger partial charge on any atom is 0.300 e. The molecule has 6 rings (SSSR count). The molecule has 0 atom stereocenters. The lowest BCUT2D eigenvalue weighted by Gasteiger charge is -2.31. The summed E-state index contributed by atoms with van der Waals surface area (Å²) in [5.74, 6) is 1.97. The number of rotatable bonds is 4. The van der Waals surface area contributed by atoms with Crippen LogP contribution in [-0.4, -0.2) is 22.4 Å². The summed E-state index contributed by atoms with van der Waals surface area (Å²) in [5.41, 5.74) is 5.18. The predicted octanol–water partition coefficient (Wildman–Crippen LogP) is 5.01. The van der Waals surface area contributed by atoms with E-state index in [1.807, 2.05) is 101 Å². The Bertz CT molecular complexity index is 1480. The van der Waals surface area contributed by atoms with Gasteiger partial charge in [-0.25, -0.2) is 5.32 Å². The van der Waals surface area contributed by atoms with E-state index in [1.54, 1.807) is 6.20 Å². The smallest absolute Gasteiger partial charge is 0.300 e. The van der Waals surface area contributed by atoms with E-state index in [-0.39, 0.29) is 12.5 Å². The number of nitrogens with zero attached hydrogens (tertiary/aromatic N) is 3. The quantitative estimate of drug-likeness (QED) is 0.379. The van der Waals surface area contributed by atoms with Crippen molar-refractivity contribution in [2.24, 2.45) is 0 Å². The highest BCUT2D eigenvalue weighted by Gasteiger charge is 2.29. The van der Waals surface area contributed by atoms with Crippen LogP contribution in [0, 0.1) is 6.92 Å². The molecule has 2 aromatic heterocycles. The van der Waals surface area contributed by atoms with E-state index in [2.05, 4.69) is 15.3 Å². The van der Waals surface area contributed by atoms with Gasteiger partial charge < -0.3 is 9.64 Å². The molecule has 166 valence electrons. The van der Waals surface area contributed by atoms with Gasteiger partial charge in [-0.05, 0) is 31.2 Å². The molecule has 1 aliphatic rings. The summed E-state index contributed by atoms with van der Waals surface area (Å²) in [6.45, 7) is 2.07. The number of aryl methyl sites for hydroxylation is 1. The summed E-state index contributed by atoms with van der Waals surface area (Å²) in [4.78, 5) is 23.3. The fourth-order valence-electron chi connectivity index (χ4n) is 4.36. The third-order valence-electron chi connectivity index (χ3n) is 5.94. The molecule has 2 N–H and O–H groups in total. The first kappa shape index (κ1) is 20.0. The summed E-state index contributed by atoms with van der Waals surface area (Å²) in [6.07, 6.45) is 3.58. The van der Waals surface area contributed by atoms with Gasteiger partial charge >= 0.3 is 0 Å². The summed E-state index contributed by atoms with van der Waals surface area (Å²) >= 11 is 0. The second kappa shape index (κ2) is 8.04. The molecule has 0 unspecified atom stereocenters. The zero-order valence-corrected chi connectivity index (χ0v) is 18.5. The number of benzene rings is 3. The van der Waals surface area contributed by atoms with Crippen LogP contribution in [0.4, 0.5) is 17.2 Å². The Morgan fingerprint density at radius 2 is 1.62 bits per heavy atom. The summed E-state index contributed by atoms with van der Waals surface area (Å²) in [7, 11) is 0. The van der Waals surface area contributed by atoms with E-state index in [4.69, 9.17) is 4.74 Å². The molecule has 0 spiro atoms. The Morgan fingerprint density at radius 1 is 0.971 bits per heavy atom. The Morgan fingerprint density at radius 3 is 2.32 bits per heavy atom. The van der Waals surface area contributed by atoms with Gasteiger partial charge in [-0.15, -0.1) is 0 Å². The Kier molecular flexibility index (Phi) is 4.73. The summed E-state index contributed by atoms with van der Waals surface area (Å²) < 4.78 is 7.99. The lowest BCUT2D eigenvalue weighted by Crippen LogP contribution is -2.34. The fourth-order valence-corrected chi connectivity index (χ4v) is 4.36. The molecular weight excluding hydrogens is 426 g/mol. The van der Waals surface area contributed by atoms with Crippen molar-refractivity contribution >= 4 is 28.7 Å². The first-order valence-electron chi connectivity index (χ1n) is 11.1. The van der Waals surface area contributed by atoms with E-state index in [0.717, 1.165) is 45.5 Å². The van der Waals surface area contributed by atoms with Crippen molar-refractivity contribution in [3.05, 3.63) is 97.0 Å². The molecule has 5 aromatic rings. The van der Waals surface area contributed by atoms with Crippen LogP contribution >= 0.6 is 0 Å². The molecular formula is C27H22N5O2+. The van der Waals surface area contributed by atoms with Gasteiger partial charge in [0.25, 0.3) is 17.4 Å². The zero-order chi connectivity index (χ0) is 23.1. The van der Waals surface area contributed by atoms with E-state index < -0.39 is 0 Å². The minimum Gasteiger partial charge on any atom is -0.453 e. The minimum atomic E-state index is -0.147. The molecule has 3 heterocycles. The molecule has 7 heteroatoms. The highest BCUT2D eigenvalue weighted by molar-refractivity contribution is 5.98. The standard InChI is InChI=1S/C27H21N5O2/c1-18-26-30-25(19-9-3-2-4-10-19)27(31(26)16-15-28-18)29-24(33)17-32-20-11-5-7-13-22(20)34-23-14-8-6-12-21(23)32/h2-16H,17H2,1H3,(H,28,29,33)/p+1. The summed E-state index contributed by atoms with van der Waals surface area (Å²) in [5, 5.41) is 3.15. The van der Waals surface area contributed by atoms with Gasteiger partial charge in [0.1, 0.15) is 12.2 Å². The number of imidazole rings is 1. The Balaban J connectivity index is 1.39. The van der Waals surface area contributed by atoms with Crippen molar-refractivity contribution in [2.75, 3.05) is 16.8 Å². The average Bonchev–Trinajstić information content (AvgIpc) is 3.24. The Hall–Kier alpha value is -4.65. The van der Waals surface area contributed by atoms with Crippen LogP contribution in [0.25, 0.3) is 16.9 Å². The van der Waals surface area contributed by atoms with Crippen LogP contribution in [0.1, 0.15) is 5.69 Å². The predicted molar refractivity (Wildman–Crippen MR) is 131 cm³/mol. The number of ether oxygens (including phenoxy) is 1. The van der Waals surface area contributed by atoms with Crippen LogP contribution in [0.5, 0.6) is 11.5 Å². The number of hydrogen-bond donors (Lipinski definition) is 2. The van der Waals surface area contributed by atoms with E-state index in [1.165, 1.54) is 0 Å². The van der Waals surface area contributed by atoms with Crippen molar-refractivity contribution in [1.82, 2.24) is 9.97 Å². The van der Waals surface area contributed by atoms with Crippen molar-refractivity contribution in [3.8, 4) is 22.8 Å². The maximum absolute atomic E-state index is 13.5. The van der Waals surface area contributed by atoms with Crippen LogP contribution in [0.15, 0.2) is 91.3 Å². The first-order chi connectivity index (χ1) is 16.7. The topological polar surface area (TPSA) is 74.3 Å². The van der Waals surface area contributed by atoms with Crippen molar-refractivity contribution < 1.29 is 13.9 Å². The first-order valence-corrected chi connectivity index (χ1v) is 11.1. The van der Waals surface area contributed by atoms with Gasteiger partial charge in [0, 0.05) is 5.56 Å². The van der Waals surface area contributed by atoms with Gasteiger partial charge in [0.05, 0.1) is 23.8 Å². The van der Waals surface area contributed by atoms with Crippen molar-refractivity contribution in [2.45, 2.75) is 6.92 Å². The molecule has 0 fully saturated rings. The van der Waals surface area contributed by atoms with E-state index in [9.17, 15) is 4.79 Å². The number of aromatic amines is 1. The Labute approximate surface area is 196 Å². The SMILES string of the molecule is Cc1ncc[n+]2c(NC(=O)CN3c4ccccc4Oc4ccccc43)c(-c3ccccc3)[nH]c12. The van der Waals surface area contributed by atoms with Crippen LogP contribution in [0.3, 0.4) is 0 Å². The largest absolute Gasteiger partial charge is 0.453 e. The van der Waals surface area contributed by atoms with E-state index >= 15 is 0 Å². The van der Waals surface area contributed by atoms with Gasteiger partial charge in [-0.3, -0.25) is 14.8 Å². The van der Waals surface area contributed by atoms with Crippen LogP contribution in [-0.2, 0) is 4.79 Å². The second-order valence-corrected chi connectivity index (χ2v) is 8.12. The minimum absolute atomic E-state index is 0.128. The molecule has 0 saturated heterocycles. The number of anilines is 3. The van der Waals surface area contributed by atoms with Gasteiger partial charge in [0.2, 0.25) is 0 Å². The number of carbonyl (C=O) groups is 1. The van der Waals surface area contributed by atoms with Gasteiger partial charge in [-0.2, -0.15) is 4.40 Å². The normalized spacial score (nSPS) is 12.1. The molecule has 34 heavy (non-hydrogen) atoms. The highest BCUT2D eigenvalue weighted by atomic mass is 16.5. The number of hydrogen-bond acceptors (Lipinski definition) is 4. The lowest BCUT2D eigenvalue weighted by atomic mass is 10.1. The average molecular weight is 449 g/mol. The maximum atomic E-state index is 13.5. The number of H-pyrrole nitrogens is 1. The number of nitrogens with one attached hydrogen (secondary N) is 2. The molecule has 0 saturated carbocycles. The number of fused-ring (bicyclic) bond motifs is 3. The monoisotopic (exact) mass is 448 g/mol. The van der Waals surface area contributed by atoms with Crippen molar-refractivity contribution in [3.63, 3.8) is 0 Å². The number of para-hydroxylation sites is 4. The lowest BCUT2D eigenvalue weighted by molar-refractivity contribution is -0.494. The number of carbonyl (C=O) groups excluding carboxylic acids is 1. The molecule has 1 amide bonds. The highest BCUT2D eigenvalue weighted by Crippen LogP contribution is 2.46. The molecule has 0 aliphatic carbocycles. The molecule has 3 aromatic carbocycles. The molecule has 0 bridgehead atoms. The molecule has 1 aliphatic heterocycles. The third-order valence-corrected chi connectivity index (χ3v) is 5.94.